The summed E-state index contributed by atoms with van der Waals surface area (Å²) >= 11 is 0. The number of rotatable bonds is 4. The zero-order valence-electron chi connectivity index (χ0n) is 13.5. The fraction of sp³-hybridized carbons (Fsp3) is 0.389. The first-order valence-electron chi connectivity index (χ1n) is 7.32. The number of benzene rings is 1. The van der Waals surface area contributed by atoms with Crippen LogP contribution in [0.3, 0.4) is 0 Å². The summed E-state index contributed by atoms with van der Waals surface area (Å²) in [5.74, 6) is -0.0927. The summed E-state index contributed by atoms with van der Waals surface area (Å²) in [6.45, 7) is 6.15. The van der Waals surface area contributed by atoms with Gasteiger partial charge >= 0.3 is 5.97 Å². The van der Waals surface area contributed by atoms with Crippen LogP contribution in [0, 0.1) is 0 Å². The topological polar surface area (TPSA) is 55.8 Å². The quantitative estimate of drug-likeness (QED) is 0.672. The van der Waals surface area contributed by atoms with Crippen LogP contribution < -0.4 is 4.74 Å². The lowest BCUT2D eigenvalue weighted by molar-refractivity contribution is 0.0597. The first-order valence-corrected chi connectivity index (χ1v) is 7.32. The third-order valence-electron chi connectivity index (χ3n) is 3.72. The minimum Gasteiger partial charge on any atom is -0.506 e. The standard InChI is InChI=1S/C18H22O4/c1-12(2)6-5-10-18(3)11-9-13-15(22-18)8-7-14(16(13)19)17(20)21-4/h6-9,11,19H,5,10H2,1-4H3. The fourth-order valence-corrected chi connectivity index (χ4v) is 2.44. The Kier molecular flexibility index (Phi) is 4.59. The molecule has 1 aliphatic rings. The van der Waals surface area contributed by atoms with E-state index in [0.717, 1.165) is 12.8 Å². The van der Waals surface area contributed by atoms with Crippen molar-refractivity contribution in [2.24, 2.45) is 0 Å². The van der Waals surface area contributed by atoms with E-state index >= 15 is 0 Å². The van der Waals surface area contributed by atoms with E-state index in [9.17, 15) is 9.90 Å². The van der Waals surface area contributed by atoms with E-state index in [4.69, 9.17) is 4.74 Å². The Morgan fingerprint density at radius 2 is 2.14 bits per heavy atom. The largest absolute Gasteiger partial charge is 0.506 e. The van der Waals surface area contributed by atoms with E-state index in [1.807, 2.05) is 19.1 Å². The van der Waals surface area contributed by atoms with Crippen molar-refractivity contribution in [2.75, 3.05) is 7.11 Å². The van der Waals surface area contributed by atoms with Gasteiger partial charge in [-0.3, -0.25) is 0 Å². The van der Waals surface area contributed by atoms with Gasteiger partial charge in [0.25, 0.3) is 0 Å². The van der Waals surface area contributed by atoms with Crippen molar-refractivity contribution in [3.63, 3.8) is 0 Å². The maximum atomic E-state index is 11.6. The SMILES string of the molecule is COC(=O)c1ccc2c(c1O)C=CC(C)(CCC=C(C)C)O2. The lowest BCUT2D eigenvalue weighted by atomic mass is 9.93. The summed E-state index contributed by atoms with van der Waals surface area (Å²) in [7, 11) is 1.29. The third kappa shape index (κ3) is 3.32. The average Bonchev–Trinajstić information content (AvgIpc) is 2.46. The first-order chi connectivity index (χ1) is 10.4. The van der Waals surface area contributed by atoms with Crippen LogP contribution in [-0.2, 0) is 4.74 Å². The highest BCUT2D eigenvalue weighted by Gasteiger charge is 2.29. The number of hydrogen-bond acceptors (Lipinski definition) is 4. The normalized spacial score (nSPS) is 19.1. The second-order valence-corrected chi connectivity index (χ2v) is 5.93. The first kappa shape index (κ1) is 16.1. The highest BCUT2D eigenvalue weighted by molar-refractivity contribution is 5.94. The molecule has 0 spiro atoms. The average molecular weight is 302 g/mol. The van der Waals surface area contributed by atoms with Gasteiger partial charge in [0.2, 0.25) is 0 Å². The minimum atomic E-state index is -0.564. The number of carbonyl (C=O) groups is 1. The lowest BCUT2D eigenvalue weighted by Crippen LogP contribution is -2.31. The number of fused-ring (bicyclic) bond motifs is 1. The second kappa shape index (κ2) is 6.26. The molecule has 0 saturated heterocycles. The summed E-state index contributed by atoms with van der Waals surface area (Å²) in [5.41, 5.74) is 1.52. The minimum absolute atomic E-state index is 0.105. The molecule has 1 N–H and O–H groups in total. The molecule has 1 unspecified atom stereocenters. The summed E-state index contributed by atoms with van der Waals surface area (Å²) in [5, 5.41) is 10.2. The van der Waals surface area contributed by atoms with Crippen molar-refractivity contribution in [3.8, 4) is 11.5 Å². The third-order valence-corrected chi connectivity index (χ3v) is 3.72. The number of ether oxygens (including phenoxy) is 2. The smallest absolute Gasteiger partial charge is 0.341 e. The van der Waals surface area contributed by atoms with Gasteiger partial charge < -0.3 is 14.6 Å². The van der Waals surface area contributed by atoms with Crippen molar-refractivity contribution >= 4 is 12.0 Å². The molecule has 1 atom stereocenters. The second-order valence-electron chi connectivity index (χ2n) is 5.93. The molecule has 2 rings (SSSR count). The van der Waals surface area contributed by atoms with Gasteiger partial charge in [-0.2, -0.15) is 0 Å². The van der Waals surface area contributed by atoms with Gasteiger partial charge in [0.05, 0.1) is 12.7 Å². The van der Waals surface area contributed by atoms with Crippen LogP contribution >= 0.6 is 0 Å². The molecular weight excluding hydrogens is 280 g/mol. The molecule has 1 heterocycles. The number of allylic oxidation sites excluding steroid dienone is 2. The van der Waals surface area contributed by atoms with Crippen molar-refractivity contribution in [2.45, 2.75) is 39.2 Å². The van der Waals surface area contributed by atoms with Gasteiger partial charge in [0, 0.05) is 0 Å². The van der Waals surface area contributed by atoms with Gasteiger partial charge in [-0.15, -0.1) is 0 Å². The Bertz CT molecular complexity index is 639. The Morgan fingerprint density at radius 1 is 1.41 bits per heavy atom. The number of methoxy groups -OCH3 is 1. The summed E-state index contributed by atoms with van der Waals surface area (Å²) in [6.07, 6.45) is 7.67. The van der Waals surface area contributed by atoms with Crippen LogP contribution in [0.4, 0.5) is 0 Å². The van der Waals surface area contributed by atoms with E-state index in [1.54, 1.807) is 6.07 Å². The van der Waals surface area contributed by atoms with Crippen LogP contribution in [0.15, 0.2) is 29.9 Å². The molecule has 22 heavy (non-hydrogen) atoms. The van der Waals surface area contributed by atoms with E-state index in [-0.39, 0.29) is 11.3 Å². The van der Waals surface area contributed by atoms with Gasteiger partial charge in [0.1, 0.15) is 22.7 Å². The Balaban J connectivity index is 2.25. The summed E-state index contributed by atoms with van der Waals surface area (Å²) in [6, 6.07) is 3.22. The molecular formula is C18H22O4. The van der Waals surface area contributed by atoms with Crippen LogP contribution in [0.1, 0.15) is 49.5 Å². The summed E-state index contributed by atoms with van der Waals surface area (Å²) < 4.78 is 10.7. The predicted molar refractivity (Wildman–Crippen MR) is 86.2 cm³/mol. The lowest BCUT2D eigenvalue weighted by Gasteiger charge is -2.32. The van der Waals surface area contributed by atoms with Gasteiger partial charge in [-0.05, 0) is 57.9 Å². The molecule has 1 aromatic rings. The Labute approximate surface area is 131 Å². The monoisotopic (exact) mass is 302 g/mol. The summed E-state index contributed by atoms with van der Waals surface area (Å²) in [4.78, 5) is 11.6. The van der Waals surface area contributed by atoms with Crippen LogP contribution in [0.2, 0.25) is 0 Å². The highest BCUT2D eigenvalue weighted by Crippen LogP contribution is 2.39. The molecule has 118 valence electrons. The molecule has 0 bridgehead atoms. The zero-order valence-corrected chi connectivity index (χ0v) is 13.5. The van der Waals surface area contributed by atoms with Crippen molar-refractivity contribution in [1.29, 1.82) is 0 Å². The molecule has 4 nitrogen and oxygen atoms in total. The Morgan fingerprint density at radius 3 is 2.77 bits per heavy atom. The predicted octanol–water partition coefficient (Wildman–Crippen LogP) is 4.09. The van der Waals surface area contributed by atoms with Crippen LogP contribution in [0.5, 0.6) is 11.5 Å². The fourth-order valence-electron chi connectivity index (χ4n) is 2.44. The van der Waals surface area contributed by atoms with E-state index in [2.05, 4.69) is 24.7 Å². The van der Waals surface area contributed by atoms with Crippen LogP contribution in [-0.4, -0.2) is 23.8 Å². The van der Waals surface area contributed by atoms with E-state index < -0.39 is 11.6 Å². The number of hydrogen-bond donors (Lipinski definition) is 1. The number of aromatic hydroxyl groups is 1. The van der Waals surface area contributed by atoms with Gasteiger partial charge in [-0.1, -0.05) is 11.6 Å². The van der Waals surface area contributed by atoms with Gasteiger partial charge in [0.15, 0.2) is 0 Å². The number of phenols is 1. The van der Waals surface area contributed by atoms with Crippen LogP contribution in [0.25, 0.3) is 6.08 Å². The maximum absolute atomic E-state index is 11.6. The molecule has 4 heteroatoms. The maximum Gasteiger partial charge on any atom is 0.341 e. The molecule has 0 radical (unpaired) electrons. The number of esters is 1. The molecule has 1 aliphatic heterocycles. The molecule has 0 amide bonds. The molecule has 1 aromatic carbocycles. The van der Waals surface area contributed by atoms with E-state index in [1.165, 1.54) is 18.7 Å². The van der Waals surface area contributed by atoms with Crippen molar-refractivity contribution < 1.29 is 19.4 Å². The molecule has 0 fully saturated rings. The van der Waals surface area contributed by atoms with Gasteiger partial charge in [-0.25, -0.2) is 4.79 Å². The Hall–Kier alpha value is -2.23. The zero-order chi connectivity index (χ0) is 16.3. The molecule has 0 saturated carbocycles. The van der Waals surface area contributed by atoms with Crippen molar-refractivity contribution in [3.05, 3.63) is 41.0 Å². The molecule has 0 aromatic heterocycles. The van der Waals surface area contributed by atoms with E-state index in [0.29, 0.717) is 11.3 Å². The number of phenolic OH excluding ortho intramolecular Hbond substituents is 1. The molecule has 0 aliphatic carbocycles. The number of carbonyl (C=O) groups excluding carboxylic acids is 1. The highest BCUT2D eigenvalue weighted by atomic mass is 16.5. The van der Waals surface area contributed by atoms with Crippen molar-refractivity contribution in [1.82, 2.24) is 0 Å².